The van der Waals surface area contributed by atoms with Gasteiger partial charge in [0, 0.05) is 18.7 Å². The monoisotopic (exact) mass is 311 g/mol. The second kappa shape index (κ2) is 6.08. The number of benzene rings is 1. The molecule has 3 rings (SSSR count). The number of carbonyl (C=O) groups is 1. The van der Waals surface area contributed by atoms with Crippen LogP contribution in [0.3, 0.4) is 0 Å². The van der Waals surface area contributed by atoms with E-state index >= 15 is 0 Å². The van der Waals surface area contributed by atoms with Crippen molar-refractivity contribution in [1.82, 2.24) is 9.97 Å². The number of hydrogen-bond donors (Lipinski definition) is 2. The van der Waals surface area contributed by atoms with Crippen LogP contribution >= 0.6 is 0 Å². The molecule has 1 heterocycles. The Hall–Kier alpha value is -2.27. The van der Waals surface area contributed by atoms with Gasteiger partial charge in [-0.3, -0.25) is 4.79 Å². The Morgan fingerprint density at radius 1 is 1.17 bits per heavy atom. The molecule has 1 aromatic carbocycles. The normalized spacial score (nSPS) is 16.0. The summed E-state index contributed by atoms with van der Waals surface area (Å²) in [6, 6.07) is 7.77. The standard InChI is InChI=1S/C18H21N3O2/c1-18(2)9-14-16(15(23)10-18)17(20-11-19-14)21-13-5-3-12(4-6-13)7-8-22/h3-6,11,22H,7-10H2,1-2H3,(H,19,20,21). The van der Waals surface area contributed by atoms with Crippen molar-refractivity contribution in [2.75, 3.05) is 11.9 Å². The highest BCUT2D eigenvalue weighted by molar-refractivity contribution is 6.03. The molecule has 0 saturated carbocycles. The topological polar surface area (TPSA) is 75.1 Å². The highest BCUT2D eigenvalue weighted by Crippen LogP contribution is 2.36. The van der Waals surface area contributed by atoms with Crippen LogP contribution in [-0.4, -0.2) is 27.5 Å². The van der Waals surface area contributed by atoms with Crippen LogP contribution in [0.15, 0.2) is 30.6 Å². The zero-order valence-corrected chi connectivity index (χ0v) is 13.5. The van der Waals surface area contributed by atoms with E-state index in [4.69, 9.17) is 5.11 Å². The zero-order valence-electron chi connectivity index (χ0n) is 13.5. The Labute approximate surface area is 135 Å². The molecule has 0 fully saturated rings. The molecule has 1 aliphatic carbocycles. The molecule has 5 nitrogen and oxygen atoms in total. The first-order valence-electron chi connectivity index (χ1n) is 7.82. The molecule has 0 atom stereocenters. The zero-order chi connectivity index (χ0) is 16.4. The molecule has 2 N–H and O–H groups in total. The molecule has 0 amide bonds. The maximum Gasteiger partial charge on any atom is 0.168 e. The number of fused-ring (bicyclic) bond motifs is 1. The van der Waals surface area contributed by atoms with Crippen molar-refractivity contribution in [3.63, 3.8) is 0 Å². The second-order valence-electron chi connectivity index (χ2n) is 6.78. The minimum Gasteiger partial charge on any atom is -0.396 e. The van der Waals surface area contributed by atoms with Crippen LogP contribution in [0.4, 0.5) is 11.5 Å². The number of aromatic nitrogens is 2. The number of ketones is 1. The molecule has 0 spiro atoms. The number of Topliss-reactive ketones (excluding diaryl/α,β-unsaturated/α-hetero) is 1. The fourth-order valence-electron chi connectivity index (χ4n) is 3.00. The molecule has 0 aliphatic heterocycles. The smallest absolute Gasteiger partial charge is 0.168 e. The van der Waals surface area contributed by atoms with Crippen LogP contribution in [-0.2, 0) is 12.8 Å². The average molecular weight is 311 g/mol. The van der Waals surface area contributed by atoms with E-state index in [2.05, 4.69) is 29.1 Å². The van der Waals surface area contributed by atoms with Crippen LogP contribution < -0.4 is 5.32 Å². The summed E-state index contributed by atoms with van der Waals surface area (Å²) < 4.78 is 0. The molecule has 2 aromatic rings. The quantitative estimate of drug-likeness (QED) is 0.908. The summed E-state index contributed by atoms with van der Waals surface area (Å²) in [6.45, 7) is 4.31. The molecule has 1 aliphatic rings. The highest BCUT2D eigenvalue weighted by atomic mass is 16.2. The number of aliphatic hydroxyl groups excluding tert-OH is 1. The SMILES string of the molecule is CC1(C)CC(=O)c2c(ncnc2Nc2ccc(CCO)cc2)C1. The first kappa shape index (κ1) is 15.6. The van der Waals surface area contributed by atoms with Crippen LogP contribution in [0.1, 0.15) is 41.9 Å². The molecule has 0 radical (unpaired) electrons. The average Bonchev–Trinajstić information content (AvgIpc) is 2.48. The van der Waals surface area contributed by atoms with Crippen molar-refractivity contribution in [3.8, 4) is 0 Å². The summed E-state index contributed by atoms with van der Waals surface area (Å²) in [6.07, 6.45) is 3.44. The summed E-state index contributed by atoms with van der Waals surface area (Å²) in [4.78, 5) is 21.1. The van der Waals surface area contributed by atoms with Crippen LogP contribution in [0.2, 0.25) is 0 Å². The first-order valence-corrected chi connectivity index (χ1v) is 7.82. The van der Waals surface area contributed by atoms with E-state index in [-0.39, 0.29) is 17.8 Å². The second-order valence-corrected chi connectivity index (χ2v) is 6.78. The molecule has 1 aromatic heterocycles. The van der Waals surface area contributed by atoms with Gasteiger partial charge in [-0.15, -0.1) is 0 Å². The van der Waals surface area contributed by atoms with Crippen molar-refractivity contribution < 1.29 is 9.90 Å². The fourth-order valence-corrected chi connectivity index (χ4v) is 3.00. The Morgan fingerprint density at radius 3 is 2.61 bits per heavy atom. The van der Waals surface area contributed by atoms with Crippen molar-refractivity contribution in [3.05, 3.63) is 47.4 Å². The molecule has 0 unspecified atom stereocenters. The largest absolute Gasteiger partial charge is 0.396 e. The van der Waals surface area contributed by atoms with Crippen molar-refractivity contribution >= 4 is 17.3 Å². The van der Waals surface area contributed by atoms with E-state index in [0.29, 0.717) is 24.2 Å². The summed E-state index contributed by atoms with van der Waals surface area (Å²) in [5, 5.41) is 12.2. The number of nitrogens with zero attached hydrogens (tertiary/aromatic N) is 2. The van der Waals surface area contributed by atoms with Crippen LogP contribution in [0.25, 0.3) is 0 Å². The van der Waals surface area contributed by atoms with Gasteiger partial charge in [0.2, 0.25) is 0 Å². The predicted molar refractivity (Wildman–Crippen MR) is 89.0 cm³/mol. The van der Waals surface area contributed by atoms with Gasteiger partial charge in [-0.25, -0.2) is 9.97 Å². The van der Waals surface area contributed by atoms with Crippen molar-refractivity contribution in [2.24, 2.45) is 5.41 Å². The van der Waals surface area contributed by atoms with Gasteiger partial charge in [0.05, 0.1) is 11.3 Å². The number of anilines is 2. The molecule has 0 bridgehead atoms. The molecular formula is C18H21N3O2. The number of carbonyl (C=O) groups excluding carboxylic acids is 1. The maximum atomic E-state index is 12.5. The lowest BCUT2D eigenvalue weighted by Gasteiger charge is -2.29. The lowest BCUT2D eigenvalue weighted by atomic mass is 9.76. The van der Waals surface area contributed by atoms with Crippen molar-refractivity contribution in [1.29, 1.82) is 0 Å². The van der Waals surface area contributed by atoms with Gasteiger partial charge in [-0.05, 0) is 36.0 Å². The van der Waals surface area contributed by atoms with Gasteiger partial charge >= 0.3 is 0 Å². The number of nitrogens with one attached hydrogen (secondary N) is 1. The Balaban J connectivity index is 1.88. The predicted octanol–water partition coefficient (Wildman–Crippen LogP) is 2.91. The van der Waals surface area contributed by atoms with E-state index < -0.39 is 0 Å². The summed E-state index contributed by atoms with van der Waals surface area (Å²) in [5.41, 5.74) is 3.32. The minimum atomic E-state index is -0.0539. The Morgan fingerprint density at radius 2 is 1.91 bits per heavy atom. The Kier molecular flexibility index (Phi) is 4.13. The van der Waals surface area contributed by atoms with Crippen LogP contribution in [0, 0.1) is 5.41 Å². The molecule has 23 heavy (non-hydrogen) atoms. The number of hydrogen-bond acceptors (Lipinski definition) is 5. The third kappa shape index (κ3) is 3.40. The van der Waals surface area contributed by atoms with E-state index in [1.165, 1.54) is 6.33 Å². The first-order chi connectivity index (χ1) is 11.0. The van der Waals surface area contributed by atoms with E-state index in [1.807, 2.05) is 24.3 Å². The minimum absolute atomic E-state index is 0.0539. The highest BCUT2D eigenvalue weighted by Gasteiger charge is 2.34. The third-order valence-electron chi connectivity index (χ3n) is 4.11. The summed E-state index contributed by atoms with van der Waals surface area (Å²) >= 11 is 0. The molecule has 5 heteroatoms. The van der Waals surface area contributed by atoms with Gasteiger partial charge in [0.15, 0.2) is 5.78 Å². The van der Waals surface area contributed by atoms with E-state index in [9.17, 15) is 4.79 Å². The van der Waals surface area contributed by atoms with Crippen molar-refractivity contribution in [2.45, 2.75) is 33.1 Å². The van der Waals surface area contributed by atoms with Gasteiger partial charge in [-0.2, -0.15) is 0 Å². The van der Waals surface area contributed by atoms with Gasteiger partial charge in [0.25, 0.3) is 0 Å². The van der Waals surface area contributed by atoms with E-state index in [1.54, 1.807) is 0 Å². The number of rotatable bonds is 4. The lowest BCUT2D eigenvalue weighted by Crippen LogP contribution is -2.29. The maximum absolute atomic E-state index is 12.5. The van der Waals surface area contributed by atoms with E-state index in [0.717, 1.165) is 23.4 Å². The third-order valence-corrected chi connectivity index (χ3v) is 4.11. The van der Waals surface area contributed by atoms with Gasteiger partial charge in [-0.1, -0.05) is 26.0 Å². The molecular weight excluding hydrogens is 290 g/mol. The molecule has 120 valence electrons. The van der Waals surface area contributed by atoms with Gasteiger partial charge < -0.3 is 10.4 Å². The summed E-state index contributed by atoms with van der Waals surface area (Å²) in [5.74, 6) is 0.668. The molecule has 0 saturated heterocycles. The summed E-state index contributed by atoms with van der Waals surface area (Å²) in [7, 11) is 0. The fraction of sp³-hybridized carbons (Fsp3) is 0.389. The van der Waals surface area contributed by atoms with Crippen LogP contribution in [0.5, 0.6) is 0 Å². The lowest BCUT2D eigenvalue weighted by molar-refractivity contribution is 0.0911. The van der Waals surface area contributed by atoms with Gasteiger partial charge in [0.1, 0.15) is 12.1 Å². The number of aliphatic hydroxyl groups is 1. The Bertz CT molecular complexity index is 724.